The minimum atomic E-state index is -0.637. The van der Waals surface area contributed by atoms with Crippen molar-refractivity contribution in [3.63, 3.8) is 0 Å². The molecule has 0 N–H and O–H groups in total. The lowest BCUT2D eigenvalue weighted by Gasteiger charge is -2.45. The van der Waals surface area contributed by atoms with E-state index in [1.54, 1.807) is 19.1 Å². The molecule has 2 aliphatic rings. The van der Waals surface area contributed by atoms with Gasteiger partial charge in [0.15, 0.2) is 0 Å². The van der Waals surface area contributed by atoms with Gasteiger partial charge < -0.3 is 9.64 Å². The van der Waals surface area contributed by atoms with Gasteiger partial charge in [-0.3, -0.25) is 15.0 Å². The summed E-state index contributed by atoms with van der Waals surface area (Å²) in [5.41, 5.74) is 0.688. The molecule has 7 heteroatoms. The molecule has 0 radical (unpaired) electrons. The Morgan fingerprint density at radius 2 is 2.17 bits per heavy atom. The topological polar surface area (TPSA) is 75.9 Å². The first kappa shape index (κ1) is 16.7. The molecule has 0 saturated carbocycles. The SMILES string of the molecule is CCOC(=O)c1cc(N2CCN3CCCCC3C2)ccc1[N+](=O)[O-]. The Morgan fingerprint density at radius 3 is 2.92 bits per heavy atom. The number of carbonyl (C=O) groups excluding carboxylic acids is 1. The standard InChI is InChI=1S/C17H23N3O4/c1-2-24-17(21)15-11-13(6-7-16(15)20(22)23)19-10-9-18-8-4-3-5-14(18)12-19/h6-7,11,14H,2-5,8-10,12H2,1H3. The summed E-state index contributed by atoms with van der Waals surface area (Å²) >= 11 is 0. The molecular formula is C17H23N3O4. The van der Waals surface area contributed by atoms with Crippen molar-refractivity contribution in [2.45, 2.75) is 32.2 Å². The summed E-state index contributed by atoms with van der Waals surface area (Å²) in [6, 6.07) is 5.29. The number of hydrogen-bond acceptors (Lipinski definition) is 6. The summed E-state index contributed by atoms with van der Waals surface area (Å²) in [7, 11) is 0. The zero-order valence-electron chi connectivity index (χ0n) is 13.9. The van der Waals surface area contributed by atoms with E-state index in [2.05, 4.69) is 9.80 Å². The molecule has 7 nitrogen and oxygen atoms in total. The Morgan fingerprint density at radius 1 is 1.33 bits per heavy atom. The van der Waals surface area contributed by atoms with Crippen molar-refractivity contribution >= 4 is 17.3 Å². The molecule has 0 bridgehead atoms. The lowest BCUT2D eigenvalue weighted by atomic mass is 9.99. The molecule has 1 atom stereocenters. The Kier molecular flexibility index (Phi) is 4.99. The lowest BCUT2D eigenvalue weighted by Crippen LogP contribution is -2.54. The quantitative estimate of drug-likeness (QED) is 0.478. The first-order valence-corrected chi connectivity index (χ1v) is 8.54. The van der Waals surface area contributed by atoms with Gasteiger partial charge in [-0.05, 0) is 38.4 Å². The maximum absolute atomic E-state index is 12.1. The van der Waals surface area contributed by atoms with E-state index in [1.807, 2.05) is 0 Å². The maximum atomic E-state index is 12.1. The van der Waals surface area contributed by atoms with Crippen LogP contribution in [0.1, 0.15) is 36.5 Å². The number of nitro benzene ring substituents is 1. The number of piperazine rings is 1. The number of anilines is 1. The molecule has 0 amide bonds. The molecule has 2 saturated heterocycles. The molecule has 0 aromatic heterocycles. The molecular weight excluding hydrogens is 310 g/mol. The van der Waals surface area contributed by atoms with Gasteiger partial charge in [0.1, 0.15) is 5.56 Å². The summed E-state index contributed by atoms with van der Waals surface area (Å²) in [5.74, 6) is -0.637. The van der Waals surface area contributed by atoms with E-state index in [0.29, 0.717) is 6.04 Å². The van der Waals surface area contributed by atoms with Gasteiger partial charge in [-0.15, -0.1) is 0 Å². The van der Waals surface area contributed by atoms with Crippen molar-refractivity contribution in [3.05, 3.63) is 33.9 Å². The highest BCUT2D eigenvalue weighted by molar-refractivity contribution is 5.95. The minimum absolute atomic E-state index is 0.0328. The van der Waals surface area contributed by atoms with Crippen LogP contribution >= 0.6 is 0 Å². The zero-order chi connectivity index (χ0) is 17.1. The van der Waals surface area contributed by atoms with Crippen molar-refractivity contribution in [1.29, 1.82) is 0 Å². The van der Waals surface area contributed by atoms with Crippen LogP contribution < -0.4 is 4.90 Å². The first-order chi connectivity index (χ1) is 11.6. The molecule has 24 heavy (non-hydrogen) atoms. The predicted octanol–water partition coefficient (Wildman–Crippen LogP) is 2.45. The van der Waals surface area contributed by atoms with Gasteiger partial charge in [-0.25, -0.2) is 4.79 Å². The molecule has 130 valence electrons. The summed E-state index contributed by atoms with van der Waals surface area (Å²) in [4.78, 5) is 27.5. The third kappa shape index (κ3) is 3.36. The molecule has 2 fully saturated rings. The number of hydrogen-bond donors (Lipinski definition) is 0. The number of benzene rings is 1. The van der Waals surface area contributed by atoms with Crippen LogP contribution in [-0.4, -0.2) is 54.6 Å². The Hall–Kier alpha value is -2.15. The largest absolute Gasteiger partial charge is 0.462 e. The zero-order valence-corrected chi connectivity index (χ0v) is 13.9. The van der Waals surface area contributed by atoms with Gasteiger partial charge in [0.05, 0.1) is 11.5 Å². The number of carbonyl (C=O) groups is 1. The van der Waals surface area contributed by atoms with E-state index in [9.17, 15) is 14.9 Å². The first-order valence-electron chi connectivity index (χ1n) is 8.54. The number of esters is 1. The fourth-order valence-corrected chi connectivity index (χ4v) is 3.64. The van der Waals surface area contributed by atoms with E-state index in [0.717, 1.165) is 31.9 Å². The van der Waals surface area contributed by atoms with Crippen molar-refractivity contribution in [2.24, 2.45) is 0 Å². The molecule has 1 unspecified atom stereocenters. The van der Waals surface area contributed by atoms with E-state index >= 15 is 0 Å². The van der Waals surface area contributed by atoms with E-state index in [1.165, 1.54) is 25.3 Å². The van der Waals surface area contributed by atoms with Crippen LogP contribution in [0.5, 0.6) is 0 Å². The number of ether oxygens (including phenoxy) is 1. The van der Waals surface area contributed by atoms with Gasteiger partial charge in [-0.1, -0.05) is 6.42 Å². The number of nitrogens with zero attached hydrogens (tertiary/aromatic N) is 3. The smallest absolute Gasteiger partial charge is 0.345 e. The fourth-order valence-electron chi connectivity index (χ4n) is 3.64. The summed E-state index contributed by atoms with van der Waals surface area (Å²) in [5, 5.41) is 11.2. The van der Waals surface area contributed by atoms with Gasteiger partial charge in [-0.2, -0.15) is 0 Å². The number of rotatable bonds is 4. The number of fused-ring (bicyclic) bond motifs is 1. The van der Waals surface area contributed by atoms with Crippen molar-refractivity contribution < 1.29 is 14.5 Å². The highest BCUT2D eigenvalue weighted by Crippen LogP contribution is 2.29. The third-order valence-electron chi connectivity index (χ3n) is 4.87. The molecule has 1 aromatic carbocycles. The predicted molar refractivity (Wildman–Crippen MR) is 90.5 cm³/mol. The molecule has 2 heterocycles. The van der Waals surface area contributed by atoms with Crippen molar-refractivity contribution in [2.75, 3.05) is 37.7 Å². The molecule has 0 aliphatic carbocycles. The van der Waals surface area contributed by atoms with Crippen LogP contribution in [0, 0.1) is 10.1 Å². The van der Waals surface area contributed by atoms with Gasteiger partial charge in [0.25, 0.3) is 5.69 Å². The van der Waals surface area contributed by atoms with E-state index in [-0.39, 0.29) is 17.9 Å². The second-order valence-electron chi connectivity index (χ2n) is 6.31. The van der Waals surface area contributed by atoms with Crippen LogP contribution in [0.15, 0.2) is 18.2 Å². The highest BCUT2D eigenvalue weighted by atomic mass is 16.6. The van der Waals surface area contributed by atoms with Crippen LogP contribution in [0.2, 0.25) is 0 Å². The van der Waals surface area contributed by atoms with Gasteiger partial charge in [0.2, 0.25) is 0 Å². The molecule has 0 spiro atoms. The summed E-state index contributed by atoms with van der Waals surface area (Å²) in [6.45, 7) is 5.82. The Labute approximate surface area is 141 Å². The third-order valence-corrected chi connectivity index (χ3v) is 4.87. The highest BCUT2D eigenvalue weighted by Gasteiger charge is 2.30. The summed E-state index contributed by atoms with van der Waals surface area (Å²) in [6.07, 6.45) is 3.71. The van der Waals surface area contributed by atoms with Crippen LogP contribution in [0.25, 0.3) is 0 Å². The normalized spacial score (nSPS) is 21.2. The Bertz CT molecular complexity index is 634. The van der Waals surface area contributed by atoms with Crippen LogP contribution in [0.4, 0.5) is 11.4 Å². The van der Waals surface area contributed by atoms with Crippen molar-refractivity contribution in [3.8, 4) is 0 Å². The lowest BCUT2D eigenvalue weighted by molar-refractivity contribution is -0.385. The van der Waals surface area contributed by atoms with Gasteiger partial charge >= 0.3 is 5.97 Å². The van der Waals surface area contributed by atoms with Crippen LogP contribution in [-0.2, 0) is 4.74 Å². The van der Waals surface area contributed by atoms with Crippen molar-refractivity contribution in [1.82, 2.24) is 4.90 Å². The molecule has 2 aliphatic heterocycles. The van der Waals surface area contributed by atoms with Crippen LogP contribution in [0.3, 0.4) is 0 Å². The summed E-state index contributed by atoms with van der Waals surface area (Å²) < 4.78 is 4.98. The fraction of sp³-hybridized carbons (Fsp3) is 0.588. The van der Waals surface area contributed by atoms with E-state index in [4.69, 9.17) is 4.74 Å². The Balaban J connectivity index is 1.84. The monoisotopic (exact) mass is 333 g/mol. The average Bonchev–Trinajstić information content (AvgIpc) is 2.61. The van der Waals surface area contributed by atoms with E-state index < -0.39 is 10.9 Å². The second-order valence-corrected chi connectivity index (χ2v) is 6.31. The molecule has 3 rings (SSSR count). The number of piperidine rings is 1. The second kappa shape index (κ2) is 7.17. The van der Waals surface area contributed by atoms with Gasteiger partial charge in [0, 0.05) is 37.4 Å². The number of nitro groups is 1. The minimum Gasteiger partial charge on any atom is -0.462 e. The average molecular weight is 333 g/mol. The molecule has 1 aromatic rings. The maximum Gasteiger partial charge on any atom is 0.345 e.